The van der Waals surface area contributed by atoms with Crippen molar-refractivity contribution in [1.29, 1.82) is 0 Å². The molecule has 0 radical (unpaired) electrons. The van der Waals surface area contributed by atoms with Gasteiger partial charge in [0.25, 0.3) is 0 Å². The highest BCUT2D eigenvalue weighted by Crippen LogP contribution is 2.27. The van der Waals surface area contributed by atoms with E-state index in [0.29, 0.717) is 19.8 Å². The van der Waals surface area contributed by atoms with Crippen molar-refractivity contribution in [3.05, 3.63) is 30.1 Å². The number of rotatable bonds is 6. The van der Waals surface area contributed by atoms with Crippen LogP contribution in [0, 0.1) is 5.82 Å². The molecule has 3 rings (SSSR count). The van der Waals surface area contributed by atoms with Crippen molar-refractivity contribution in [1.82, 2.24) is 14.8 Å². The van der Waals surface area contributed by atoms with E-state index in [-0.39, 0.29) is 5.82 Å². The summed E-state index contributed by atoms with van der Waals surface area (Å²) >= 11 is 1.54. The van der Waals surface area contributed by atoms with Gasteiger partial charge < -0.3 is 14.4 Å². The first-order valence-corrected chi connectivity index (χ1v) is 8.44. The lowest BCUT2D eigenvalue weighted by Crippen LogP contribution is -2.37. The number of hydrogen-bond acceptors (Lipinski definition) is 6. The molecule has 0 bridgehead atoms. The van der Waals surface area contributed by atoms with Crippen LogP contribution in [0.25, 0.3) is 5.69 Å². The molecule has 0 saturated carbocycles. The smallest absolute Gasteiger partial charge is 0.232 e. The minimum atomic E-state index is -0.281. The maximum atomic E-state index is 13.7. The Labute approximate surface area is 138 Å². The topological polar surface area (TPSA) is 52.4 Å². The number of nitrogens with zero attached hydrogens (tertiary/aromatic N) is 4. The molecule has 23 heavy (non-hydrogen) atoms. The molecule has 0 amide bonds. The fourth-order valence-electron chi connectivity index (χ4n) is 2.38. The maximum Gasteiger partial charge on any atom is 0.232 e. The summed E-state index contributed by atoms with van der Waals surface area (Å²) < 4.78 is 26.0. The summed E-state index contributed by atoms with van der Waals surface area (Å²) in [5.74, 6) is 1.20. The summed E-state index contributed by atoms with van der Waals surface area (Å²) in [6, 6.07) is 6.47. The van der Waals surface area contributed by atoms with E-state index in [2.05, 4.69) is 15.1 Å². The normalized spacial score (nSPS) is 15.1. The van der Waals surface area contributed by atoms with Crippen molar-refractivity contribution in [2.75, 3.05) is 50.7 Å². The van der Waals surface area contributed by atoms with Gasteiger partial charge in [-0.1, -0.05) is 17.8 Å². The molecule has 124 valence electrons. The molecule has 0 N–H and O–H groups in total. The van der Waals surface area contributed by atoms with Gasteiger partial charge in [-0.3, -0.25) is 4.57 Å². The zero-order valence-electron chi connectivity index (χ0n) is 12.9. The van der Waals surface area contributed by atoms with Gasteiger partial charge in [-0.05, 0) is 18.2 Å². The second-order valence-corrected chi connectivity index (χ2v) is 6.10. The first-order valence-electron chi connectivity index (χ1n) is 7.45. The maximum absolute atomic E-state index is 13.7. The Hall–Kier alpha value is -1.64. The molecular formula is C15H19FN4O2S. The number of benzene rings is 1. The van der Waals surface area contributed by atoms with Gasteiger partial charge in [-0.15, -0.1) is 10.2 Å². The largest absolute Gasteiger partial charge is 0.384 e. The molecule has 1 aliphatic rings. The molecule has 0 atom stereocenters. The molecule has 6 nitrogen and oxygen atoms in total. The molecule has 8 heteroatoms. The quantitative estimate of drug-likeness (QED) is 0.593. The third kappa shape index (κ3) is 3.82. The molecule has 1 aromatic heterocycles. The van der Waals surface area contributed by atoms with Crippen molar-refractivity contribution in [3.8, 4) is 5.69 Å². The highest BCUT2D eigenvalue weighted by molar-refractivity contribution is 7.99. The summed E-state index contributed by atoms with van der Waals surface area (Å²) in [5, 5.41) is 9.34. The van der Waals surface area contributed by atoms with Crippen LogP contribution in [0.4, 0.5) is 10.3 Å². The minimum Gasteiger partial charge on any atom is -0.384 e. The van der Waals surface area contributed by atoms with Crippen LogP contribution in [-0.4, -0.2) is 60.5 Å². The summed E-state index contributed by atoms with van der Waals surface area (Å²) in [7, 11) is 1.66. The van der Waals surface area contributed by atoms with Crippen LogP contribution in [0.5, 0.6) is 0 Å². The van der Waals surface area contributed by atoms with Crippen molar-refractivity contribution in [2.45, 2.75) is 5.16 Å². The zero-order chi connectivity index (χ0) is 16.1. The number of methoxy groups -OCH3 is 1. The third-order valence-electron chi connectivity index (χ3n) is 3.50. The van der Waals surface area contributed by atoms with Gasteiger partial charge in [0.2, 0.25) is 5.95 Å². The van der Waals surface area contributed by atoms with Crippen LogP contribution in [0.1, 0.15) is 0 Å². The fourth-order valence-corrected chi connectivity index (χ4v) is 3.23. The number of halogens is 1. The number of morpholine rings is 1. The van der Waals surface area contributed by atoms with Gasteiger partial charge in [0, 0.05) is 26.0 Å². The summed E-state index contributed by atoms with van der Waals surface area (Å²) in [6.07, 6.45) is 0. The van der Waals surface area contributed by atoms with Crippen molar-refractivity contribution in [2.24, 2.45) is 0 Å². The molecule has 1 fully saturated rings. The van der Waals surface area contributed by atoms with E-state index in [0.717, 1.165) is 35.6 Å². The molecule has 1 aliphatic heterocycles. The van der Waals surface area contributed by atoms with Crippen LogP contribution in [0.15, 0.2) is 29.4 Å². The number of aromatic nitrogens is 3. The van der Waals surface area contributed by atoms with Crippen molar-refractivity contribution < 1.29 is 13.9 Å². The predicted molar refractivity (Wildman–Crippen MR) is 86.9 cm³/mol. The van der Waals surface area contributed by atoms with E-state index < -0.39 is 0 Å². The average molecular weight is 338 g/mol. The van der Waals surface area contributed by atoms with E-state index in [1.165, 1.54) is 12.1 Å². The van der Waals surface area contributed by atoms with E-state index >= 15 is 0 Å². The molecule has 0 aliphatic carbocycles. The number of anilines is 1. The Kier molecular flexibility index (Phi) is 5.47. The molecule has 2 heterocycles. The number of hydrogen-bond donors (Lipinski definition) is 0. The Balaban J connectivity index is 1.95. The van der Waals surface area contributed by atoms with Crippen molar-refractivity contribution >= 4 is 17.7 Å². The van der Waals surface area contributed by atoms with Crippen LogP contribution >= 0.6 is 11.8 Å². The first-order chi connectivity index (χ1) is 11.3. The minimum absolute atomic E-state index is 0.281. The van der Waals surface area contributed by atoms with Crippen molar-refractivity contribution in [3.63, 3.8) is 0 Å². The van der Waals surface area contributed by atoms with Crippen LogP contribution in [0.2, 0.25) is 0 Å². The molecule has 0 spiro atoms. The SMILES string of the molecule is COCCSc1nnc(N2CCOCC2)n1-c1cccc(F)c1. The lowest BCUT2D eigenvalue weighted by molar-refractivity contribution is 0.122. The highest BCUT2D eigenvalue weighted by Gasteiger charge is 2.21. The number of thioether (sulfide) groups is 1. The Bertz CT molecular complexity index is 646. The van der Waals surface area contributed by atoms with Gasteiger partial charge in [-0.2, -0.15) is 0 Å². The molecule has 0 unspecified atom stereocenters. The lowest BCUT2D eigenvalue weighted by atomic mass is 10.3. The van der Waals surface area contributed by atoms with Gasteiger partial charge >= 0.3 is 0 Å². The van der Waals surface area contributed by atoms with E-state index in [4.69, 9.17) is 9.47 Å². The van der Waals surface area contributed by atoms with Crippen LogP contribution < -0.4 is 4.90 Å². The molecular weight excluding hydrogens is 319 g/mol. The summed E-state index contributed by atoms with van der Waals surface area (Å²) in [5.41, 5.74) is 0.719. The molecule has 2 aromatic rings. The molecule has 1 aromatic carbocycles. The van der Waals surface area contributed by atoms with Gasteiger partial charge in [-0.25, -0.2) is 4.39 Å². The first kappa shape index (κ1) is 16.2. The summed E-state index contributed by atoms with van der Waals surface area (Å²) in [6.45, 7) is 3.42. The predicted octanol–water partition coefficient (Wildman–Crippen LogP) is 1.98. The molecule has 1 saturated heterocycles. The standard InChI is InChI=1S/C15H19FN4O2S/c1-21-9-10-23-15-18-17-14(19-5-7-22-8-6-19)20(15)13-4-2-3-12(16)11-13/h2-4,11H,5-10H2,1H3. The zero-order valence-corrected chi connectivity index (χ0v) is 13.8. The Morgan fingerprint density at radius 3 is 2.87 bits per heavy atom. The Morgan fingerprint density at radius 1 is 1.30 bits per heavy atom. The monoisotopic (exact) mass is 338 g/mol. The fraction of sp³-hybridized carbons (Fsp3) is 0.467. The highest BCUT2D eigenvalue weighted by atomic mass is 32.2. The average Bonchev–Trinajstić information content (AvgIpc) is 3.00. The van der Waals surface area contributed by atoms with E-state index in [9.17, 15) is 4.39 Å². The van der Waals surface area contributed by atoms with Gasteiger partial charge in [0.15, 0.2) is 5.16 Å². The van der Waals surface area contributed by atoms with Crippen LogP contribution in [0.3, 0.4) is 0 Å². The summed E-state index contributed by atoms with van der Waals surface area (Å²) in [4.78, 5) is 2.11. The Morgan fingerprint density at radius 2 is 2.13 bits per heavy atom. The van der Waals surface area contributed by atoms with Gasteiger partial charge in [0.05, 0.1) is 25.5 Å². The second-order valence-electron chi connectivity index (χ2n) is 5.04. The second kappa shape index (κ2) is 7.76. The van der Waals surface area contributed by atoms with Crippen LogP contribution in [-0.2, 0) is 9.47 Å². The third-order valence-corrected chi connectivity index (χ3v) is 4.39. The van der Waals surface area contributed by atoms with E-state index in [1.54, 1.807) is 24.9 Å². The van der Waals surface area contributed by atoms with Gasteiger partial charge in [0.1, 0.15) is 5.82 Å². The lowest BCUT2D eigenvalue weighted by Gasteiger charge is -2.27. The van der Waals surface area contributed by atoms with E-state index in [1.807, 2.05) is 10.6 Å². The number of ether oxygens (including phenoxy) is 2.